The lowest BCUT2D eigenvalue weighted by Crippen LogP contribution is -2.43. The number of fused-ring (bicyclic) bond motifs is 1. The zero-order valence-corrected chi connectivity index (χ0v) is 13.3. The molecule has 1 saturated heterocycles. The van der Waals surface area contributed by atoms with E-state index in [0.29, 0.717) is 23.9 Å². The van der Waals surface area contributed by atoms with Crippen molar-refractivity contribution in [1.82, 2.24) is 13.5 Å². The molecule has 1 aromatic heterocycles. The molecule has 0 spiro atoms. The average Bonchev–Trinajstić information content (AvgIpc) is 2.84. The number of benzene rings is 1. The normalized spacial score (nSPS) is 22.4. The molecule has 0 bridgehead atoms. The zero-order chi connectivity index (χ0) is 15.1. The van der Waals surface area contributed by atoms with Crippen molar-refractivity contribution in [1.29, 1.82) is 0 Å². The summed E-state index contributed by atoms with van der Waals surface area (Å²) in [5, 5.41) is 0. The molecule has 114 valence electrons. The Bertz CT molecular complexity index is 873. The third kappa shape index (κ3) is 3.07. The molecule has 21 heavy (non-hydrogen) atoms. The maximum absolute atomic E-state index is 12.5. The lowest BCUT2D eigenvalue weighted by Gasteiger charge is -2.22. The first-order valence-electron chi connectivity index (χ1n) is 6.31. The van der Waals surface area contributed by atoms with Gasteiger partial charge in [-0.2, -0.15) is 8.75 Å². The molecule has 0 radical (unpaired) electrons. The summed E-state index contributed by atoms with van der Waals surface area (Å²) in [6.45, 7) is 0. The van der Waals surface area contributed by atoms with Gasteiger partial charge in [-0.05, 0) is 25.0 Å². The minimum absolute atomic E-state index is 0.0386. The fourth-order valence-electron chi connectivity index (χ4n) is 2.40. The summed E-state index contributed by atoms with van der Waals surface area (Å²) in [6, 6.07) is 4.14. The third-order valence-electron chi connectivity index (χ3n) is 3.32. The first kappa shape index (κ1) is 14.8. The summed E-state index contributed by atoms with van der Waals surface area (Å²) >= 11 is 0.941. The van der Waals surface area contributed by atoms with Crippen LogP contribution in [0.2, 0.25) is 0 Å². The molecular weight excluding hydrogens is 334 g/mol. The van der Waals surface area contributed by atoms with E-state index in [2.05, 4.69) is 13.5 Å². The summed E-state index contributed by atoms with van der Waals surface area (Å²) < 4.78 is 58.6. The number of sulfonamides is 1. The number of nitrogens with one attached hydrogen (secondary N) is 1. The summed E-state index contributed by atoms with van der Waals surface area (Å²) in [6.07, 6.45) is 0.988. The Morgan fingerprint density at radius 3 is 2.86 bits per heavy atom. The van der Waals surface area contributed by atoms with E-state index in [4.69, 9.17) is 0 Å². The van der Waals surface area contributed by atoms with Gasteiger partial charge in [-0.1, -0.05) is 6.07 Å². The van der Waals surface area contributed by atoms with E-state index in [1.807, 2.05) is 0 Å². The monoisotopic (exact) mass is 347 g/mol. The fraction of sp³-hybridized carbons (Fsp3) is 0.455. The van der Waals surface area contributed by atoms with Crippen LogP contribution in [0.5, 0.6) is 0 Å². The third-order valence-corrected chi connectivity index (χ3v) is 7.24. The van der Waals surface area contributed by atoms with Gasteiger partial charge in [-0.25, -0.2) is 21.6 Å². The van der Waals surface area contributed by atoms with Crippen molar-refractivity contribution >= 4 is 42.6 Å². The van der Waals surface area contributed by atoms with Crippen LogP contribution in [0, 0.1) is 0 Å². The highest BCUT2D eigenvalue weighted by Gasteiger charge is 2.29. The SMILES string of the molecule is O=S1(=O)CCCC(NS(=O)(=O)c2cccc3nsnc23)C1. The Kier molecular flexibility index (Phi) is 3.72. The van der Waals surface area contributed by atoms with Crippen LogP contribution in [0.4, 0.5) is 0 Å². The summed E-state index contributed by atoms with van der Waals surface area (Å²) in [7, 11) is -6.99. The predicted octanol–water partition coefficient (Wildman–Crippen LogP) is 0.547. The van der Waals surface area contributed by atoms with Crippen LogP contribution in [0.15, 0.2) is 23.1 Å². The largest absolute Gasteiger partial charge is 0.243 e. The van der Waals surface area contributed by atoms with Crippen molar-refractivity contribution in [2.75, 3.05) is 11.5 Å². The van der Waals surface area contributed by atoms with E-state index in [0.717, 1.165) is 11.7 Å². The molecule has 1 aromatic carbocycles. The lowest BCUT2D eigenvalue weighted by atomic mass is 10.2. The number of sulfone groups is 1. The molecule has 2 aromatic rings. The van der Waals surface area contributed by atoms with Crippen molar-refractivity contribution in [2.24, 2.45) is 0 Å². The van der Waals surface area contributed by atoms with Gasteiger partial charge in [0.2, 0.25) is 10.0 Å². The van der Waals surface area contributed by atoms with Gasteiger partial charge in [0.15, 0.2) is 9.84 Å². The standard InChI is InChI=1S/C11H13N3O4S3/c15-20(16)6-2-3-8(7-20)14-21(17,18)10-5-1-4-9-11(10)13-19-12-9/h1,4-5,8,14H,2-3,6-7H2. The van der Waals surface area contributed by atoms with Crippen LogP contribution in [0.1, 0.15) is 12.8 Å². The molecule has 1 aliphatic rings. The molecule has 1 fully saturated rings. The van der Waals surface area contributed by atoms with Crippen molar-refractivity contribution in [2.45, 2.75) is 23.8 Å². The summed E-state index contributed by atoms with van der Waals surface area (Å²) in [4.78, 5) is 0.0386. The summed E-state index contributed by atoms with van der Waals surface area (Å²) in [5.74, 6) is -0.0334. The number of nitrogens with zero attached hydrogens (tertiary/aromatic N) is 2. The second-order valence-corrected chi connectivity index (χ2v) is 9.40. The minimum atomic E-state index is -3.82. The molecule has 0 amide bonds. The fourth-order valence-corrected chi connectivity index (χ4v) is 6.18. The van der Waals surface area contributed by atoms with Crippen molar-refractivity contribution < 1.29 is 16.8 Å². The Labute approximate surface area is 126 Å². The van der Waals surface area contributed by atoms with Gasteiger partial charge in [0.1, 0.15) is 15.9 Å². The van der Waals surface area contributed by atoms with Crippen molar-refractivity contribution in [3.05, 3.63) is 18.2 Å². The van der Waals surface area contributed by atoms with Gasteiger partial charge in [-0.3, -0.25) is 0 Å². The van der Waals surface area contributed by atoms with E-state index >= 15 is 0 Å². The smallest absolute Gasteiger partial charge is 0.229 e. The molecule has 0 saturated carbocycles. The van der Waals surface area contributed by atoms with Crippen LogP contribution < -0.4 is 4.72 Å². The molecule has 7 nitrogen and oxygen atoms in total. The van der Waals surface area contributed by atoms with E-state index < -0.39 is 25.9 Å². The molecule has 1 unspecified atom stereocenters. The minimum Gasteiger partial charge on any atom is -0.229 e. The molecule has 10 heteroatoms. The Morgan fingerprint density at radius 1 is 1.29 bits per heavy atom. The van der Waals surface area contributed by atoms with Crippen LogP contribution in [0.3, 0.4) is 0 Å². The molecule has 3 rings (SSSR count). The number of hydrogen-bond acceptors (Lipinski definition) is 7. The number of hydrogen-bond donors (Lipinski definition) is 1. The van der Waals surface area contributed by atoms with Crippen LogP contribution in [-0.4, -0.2) is 43.1 Å². The molecule has 2 heterocycles. The van der Waals surface area contributed by atoms with Gasteiger partial charge >= 0.3 is 0 Å². The Hall–Kier alpha value is -1.10. The summed E-state index contributed by atoms with van der Waals surface area (Å²) in [5.41, 5.74) is 0.827. The van der Waals surface area contributed by atoms with Gasteiger partial charge in [0, 0.05) is 6.04 Å². The maximum atomic E-state index is 12.5. The highest BCUT2D eigenvalue weighted by molar-refractivity contribution is 7.91. The second kappa shape index (κ2) is 5.27. The Morgan fingerprint density at radius 2 is 2.10 bits per heavy atom. The zero-order valence-electron chi connectivity index (χ0n) is 10.9. The van der Waals surface area contributed by atoms with Crippen molar-refractivity contribution in [3.63, 3.8) is 0 Å². The van der Waals surface area contributed by atoms with E-state index in [1.54, 1.807) is 12.1 Å². The molecule has 1 aliphatic heterocycles. The first-order chi connectivity index (χ1) is 9.87. The molecule has 1 atom stereocenters. The van der Waals surface area contributed by atoms with Crippen molar-refractivity contribution in [3.8, 4) is 0 Å². The average molecular weight is 347 g/mol. The number of aromatic nitrogens is 2. The maximum Gasteiger partial charge on any atom is 0.243 e. The Balaban J connectivity index is 1.92. The molecule has 1 N–H and O–H groups in total. The van der Waals surface area contributed by atoms with Crippen LogP contribution >= 0.6 is 11.7 Å². The van der Waals surface area contributed by atoms with Gasteiger partial charge in [-0.15, -0.1) is 0 Å². The second-order valence-electron chi connectivity index (χ2n) is 4.96. The lowest BCUT2D eigenvalue weighted by molar-refractivity contribution is 0.517. The highest BCUT2D eigenvalue weighted by atomic mass is 32.2. The van der Waals surface area contributed by atoms with Gasteiger partial charge < -0.3 is 0 Å². The number of rotatable bonds is 3. The molecule has 0 aliphatic carbocycles. The van der Waals surface area contributed by atoms with E-state index in [9.17, 15) is 16.8 Å². The van der Waals surface area contributed by atoms with E-state index in [1.165, 1.54) is 6.07 Å². The van der Waals surface area contributed by atoms with Crippen LogP contribution in [-0.2, 0) is 19.9 Å². The predicted molar refractivity (Wildman–Crippen MR) is 79.4 cm³/mol. The van der Waals surface area contributed by atoms with Crippen LogP contribution in [0.25, 0.3) is 11.0 Å². The van der Waals surface area contributed by atoms with E-state index in [-0.39, 0.29) is 16.4 Å². The first-order valence-corrected chi connectivity index (χ1v) is 10.3. The van der Waals surface area contributed by atoms with Gasteiger partial charge in [0.05, 0.1) is 23.2 Å². The highest BCUT2D eigenvalue weighted by Crippen LogP contribution is 2.22. The molecular formula is C11H13N3O4S3. The van der Waals surface area contributed by atoms with Gasteiger partial charge in [0.25, 0.3) is 0 Å². The topological polar surface area (TPSA) is 106 Å². The quantitative estimate of drug-likeness (QED) is 0.869.